The number of nitrogens with zero attached hydrogens (tertiary/aromatic N) is 2. The number of rotatable bonds is 6. The summed E-state index contributed by atoms with van der Waals surface area (Å²) in [5.41, 5.74) is 13.4. The number of benzene rings is 2. The first kappa shape index (κ1) is 17.6. The molecule has 0 bridgehead atoms. The van der Waals surface area contributed by atoms with Crippen molar-refractivity contribution in [3.05, 3.63) is 54.1 Å². The van der Waals surface area contributed by atoms with Gasteiger partial charge in [-0.25, -0.2) is 9.78 Å². The summed E-state index contributed by atoms with van der Waals surface area (Å²) in [5, 5.41) is 19.8. The van der Waals surface area contributed by atoms with Gasteiger partial charge in [0.25, 0.3) is 0 Å². The zero-order chi connectivity index (χ0) is 18.7. The van der Waals surface area contributed by atoms with E-state index < -0.39 is 18.0 Å². The Morgan fingerprint density at radius 3 is 2.65 bits per heavy atom. The van der Waals surface area contributed by atoms with Crippen molar-refractivity contribution in [2.45, 2.75) is 6.04 Å². The van der Waals surface area contributed by atoms with Crippen LogP contribution in [-0.2, 0) is 4.79 Å². The van der Waals surface area contributed by atoms with E-state index in [1.165, 1.54) is 11.3 Å². The zero-order valence-electron chi connectivity index (χ0n) is 13.7. The average molecular weight is 370 g/mol. The molecule has 1 atom stereocenters. The van der Waals surface area contributed by atoms with Crippen LogP contribution in [0.3, 0.4) is 0 Å². The number of nitrogens with one attached hydrogen (secondary N) is 2. The predicted molar refractivity (Wildman–Crippen MR) is 103 cm³/mol. The molecule has 8 nitrogen and oxygen atoms in total. The van der Waals surface area contributed by atoms with Crippen LogP contribution in [0.2, 0.25) is 0 Å². The van der Waals surface area contributed by atoms with Crippen LogP contribution in [-0.4, -0.2) is 28.7 Å². The minimum absolute atomic E-state index is 0.264. The van der Waals surface area contributed by atoms with Crippen molar-refractivity contribution in [1.82, 2.24) is 10.3 Å². The molecular weight excluding hydrogens is 352 g/mol. The van der Waals surface area contributed by atoms with Gasteiger partial charge in [-0.1, -0.05) is 35.6 Å². The second kappa shape index (κ2) is 7.38. The van der Waals surface area contributed by atoms with Crippen LogP contribution in [0, 0.1) is 5.41 Å². The molecule has 3 rings (SSSR count). The number of anilines is 2. The van der Waals surface area contributed by atoms with Crippen LogP contribution in [0.1, 0.15) is 11.6 Å². The van der Waals surface area contributed by atoms with Gasteiger partial charge in [0.2, 0.25) is 0 Å². The highest BCUT2D eigenvalue weighted by atomic mass is 32.1. The largest absolute Gasteiger partial charge is 0.479 e. The SMILES string of the molecule is N=C(N)NC(C(=O)O)c1ccc2nc(N(CN)c3ccccc3)sc2c1. The van der Waals surface area contributed by atoms with Crippen LogP contribution in [0.25, 0.3) is 10.2 Å². The molecule has 0 saturated carbocycles. The molecular formula is C17H18N6O2S. The van der Waals surface area contributed by atoms with Gasteiger partial charge in [0.1, 0.15) is 0 Å². The van der Waals surface area contributed by atoms with Gasteiger partial charge in [0.15, 0.2) is 17.1 Å². The highest BCUT2D eigenvalue weighted by Crippen LogP contribution is 2.34. The van der Waals surface area contributed by atoms with Crippen molar-refractivity contribution in [3.8, 4) is 0 Å². The highest BCUT2D eigenvalue weighted by Gasteiger charge is 2.21. The number of fused-ring (bicyclic) bond motifs is 1. The molecule has 9 heteroatoms. The van der Waals surface area contributed by atoms with Gasteiger partial charge in [-0.05, 0) is 29.8 Å². The fourth-order valence-corrected chi connectivity index (χ4v) is 3.61. The van der Waals surface area contributed by atoms with Gasteiger partial charge in [-0.15, -0.1) is 0 Å². The molecule has 134 valence electrons. The van der Waals surface area contributed by atoms with E-state index in [1.54, 1.807) is 18.2 Å². The molecule has 2 aromatic carbocycles. The topological polar surface area (TPSA) is 141 Å². The summed E-state index contributed by atoms with van der Waals surface area (Å²) >= 11 is 1.42. The Balaban J connectivity index is 1.99. The number of hydrogen-bond acceptors (Lipinski definition) is 6. The van der Waals surface area contributed by atoms with E-state index in [0.717, 1.165) is 21.0 Å². The van der Waals surface area contributed by atoms with Crippen LogP contribution in [0.5, 0.6) is 0 Å². The smallest absolute Gasteiger partial charge is 0.330 e. The summed E-state index contributed by atoms with van der Waals surface area (Å²) in [4.78, 5) is 17.9. The molecule has 0 amide bonds. The van der Waals surface area contributed by atoms with Gasteiger partial charge in [0.05, 0.1) is 16.9 Å². The predicted octanol–water partition coefficient (Wildman–Crippen LogP) is 1.96. The third-order valence-corrected chi connectivity index (χ3v) is 4.80. The van der Waals surface area contributed by atoms with Crippen molar-refractivity contribution in [2.75, 3.05) is 11.6 Å². The maximum Gasteiger partial charge on any atom is 0.330 e. The minimum Gasteiger partial charge on any atom is -0.479 e. The van der Waals surface area contributed by atoms with Crippen LogP contribution in [0.4, 0.5) is 10.8 Å². The van der Waals surface area contributed by atoms with E-state index in [1.807, 2.05) is 35.2 Å². The standard InChI is InChI=1S/C17H18N6O2S/c18-9-23(11-4-2-1-3-5-11)17-21-12-7-6-10(8-13(12)26-17)14(15(24)25)22-16(19)20/h1-8,14H,9,18H2,(H,24,25)(H4,19,20,22). The van der Waals surface area contributed by atoms with Crippen molar-refractivity contribution >= 4 is 44.3 Å². The molecule has 1 aromatic heterocycles. The molecule has 0 saturated heterocycles. The van der Waals surface area contributed by atoms with Crippen molar-refractivity contribution in [2.24, 2.45) is 11.5 Å². The lowest BCUT2D eigenvalue weighted by Crippen LogP contribution is -2.37. The number of para-hydroxylation sites is 1. The van der Waals surface area contributed by atoms with Crippen LogP contribution >= 0.6 is 11.3 Å². The van der Waals surface area contributed by atoms with E-state index in [9.17, 15) is 9.90 Å². The monoisotopic (exact) mass is 370 g/mol. The van der Waals surface area contributed by atoms with E-state index >= 15 is 0 Å². The summed E-state index contributed by atoms with van der Waals surface area (Å²) in [7, 11) is 0. The molecule has 7 N–H and O–H groups in total. The fraction of sp³-hybridized carbons (Fsp3) is 0.118. The average Bonchev–Trinajstić information content (AvgIpc) is 3.03. The molecule has 0 spiro atoms. The lowest BCUT2D eigenvalue weighted by Gasteiger charge is -2.19. The summed E-state index contributed by atoms with van der Waals surface area (Å²) in [6.07, 6.45) is 0. The maximum absolute atomic E-state index is 11.5. The first-order valence-electron chi connectivity index (χ1n) is 7.76. The molecule has 1 heterocycles. The zero-order valence-corrected chi connectivity index (χ0v) is 14.5. The summed E-state index contributed by atoms with van der Waals surface area (Å²) in [6, 6.07) is 13.7. The molecule has 0 fully saturated rings. The maximum atomic E-state index is 11.5. The number of carbonyl (C=O) groups is 1. The number of aromatic nitrogens is 1. The Morgan fingerprint density at radius 2 is 2.04 bits per heavy atom. The van der Waals surface area contributed by atoms with Crippen LogP contribution < -0.4 is 21.7 Å². The molecule has 0 aliphatic carbocycles. The number of carboxylic acid groups (broad SMARTS) is 1. The molecule has 0 radical (unpaired) electrons. The number of guanidine groups is 1. The van der Waals surface area contributed by atoms with E-state index in [-0.39, 0.29) is 6.67 Å². The van der Waals surface area contributed by atoms with Crippen molar-refractivity contribution in [1.29, 1.82) is 5.41 Å². The van der Waals surface area contributed by atoms with E-state index in [0.29, 0.717) is 5.56 Å². The molecule has 26 heavy (non-hydrogen) atoms. The van der Waals surface area contributed by atoms with Crippen LogP contribution in [0.15, 0.2) is 48.5 Å². The second-order valence-corrected chi connectivity index (χ2v) is 6.51. The lowest BCUT2D eigenvalue weighted by molar-refractivity contribution is -0.139. The van der Waals surface area contributed by atoms with Gasteiger partial charge in [0, 0.05) is 5.69 Å². The first-order chi connectivity index (χ1) is 12.5. The van der Waals surface area contributed by atoms with E-state index in [4.69, 9.17) is 16.9 Å². The highest BCUT2D eigenvalue weighted by molar-refractivity contribution is 7.22. The minimum atomic E-state index is -1.11. The molecule has 0 aliphatic heterocycles. The van der Waals surface area contributed by atoms with E-state index in [2.05, 4.69) is 10.3 Å². The molecule has 3 aromatic rings. The summed E-state index contributed by atoms with van der Waals surface area (Å²) in [5.74, 6) is -1.52. The van der Waals surface area contributed by atoms with Gasteiger partial charge in [-0.2, -0.15) is 0 Å². The number of hydrogen-bond donors (Lipinski definition) is 5. The number of thiazole rings is 1. The Morgan fingerprint density at radius 1 is 1.31 bits per heavy atom. The fourth-order valence-electron chi connectivity index (χ4n) is 2.57. The Kier molecular flexibility index (Phi) is 5.01. The Labute approximate surface area is 153 Å². The first-order valence-corrected chi connectivity index (χ1v) is 8.57. The quantitative estimate of drug-likeness (QED) is 0.254. The van der Waals surface area contributed by atoms with Gasteiger partial charge < -0.3 is 26.8 Å². The second-order valence-electron chi connectivity index (χ2n) is 5.50. The number of nitrogens with two attached hydrogens (primary N) is 2. The molecule has 1 unspecified atom stereocenters. The normalized spacial score (nSPS) is 11.9. The number of carboxylic acids is 1. The van der Waals surface area contributed by atoms with Gasteiger partial charge >= 0.3 is 5.97 Å². The lowest BCUT2D eigenvalue weighted by atomic mass is 10.1. The van der Waals surface area contributed by atoms with Crippen molar-refractivity contribution in [3.63, 3.8) is 0 Å². The van der Waals surface area contributed by atoms with Crippen molar-refractivity contribution < 1.29 is 9.90 Å². The number of aliphatic carboxylic acids is 1. The third-order valence-electron chi connectivity index (χ3n) is 3.76. The summed E-state index contributed by atoms with van der Waals surface area (Å²) < 4.78 is 0.823. The Hall–Kier alpha value is -3.17. The van der Waals surface area contributed by atoms with Gasteiger partial charge in [-0.3, -0.25) is 5.41 Å². The molecule has 0 aliphatic rings. The Bertz CT molecular complexity index is 943. The third kappa shape index (κ3) is 3.58. The summed E-state index contributed by atoms with van der Waals surface area (Å²) in [6.45, 7) is 0.264.